The van der Waals surface area contributed by atoms with Crippen molar-refractivity contribution in [1.29, 1.82) is 0 Å². The number of hydrogen-bond acceptors (Lipinski definition) is 6. The normalized spacial score (nSPS) is 12.9. The third-order valence-electron chi connectivity index (χ3n) is 13.7. The van der Waals surface area contributed by atoms with Gasteiger partial charge in [-0.05, 0) is 122 Å². The fraction of sp³-hybridized carbons (Fsp3) is 0.681. The molecule has 0 spiro atoms. The summed E-state index contributed by atoms with van der Waals surface area (Å²) in [5.74, 6) is -0.902. The molecule has 444 valence electrons. The average Bonchev–Trinajstić information content (AvgIpc) is 3.44. The van der Waals surface area contributed by atoms with Gasteiger partial charge in [-0.3, -0.25) is 14.4 Å². The molecular formula is C72H120O6. The van der Waals surface area contributed by atoms with Crippen LogP contribution in [0.2, 0.25) is 0 Å². The molecule has 1 unspecified atom stereocenters. The van der Waals surface area contributed by atoms with Gasteiger partial charge in [-0.1, -0.05) is 277 Å². The fourth-order valence-electron chi connectivity index (χ4n) is 8.88. The van der Waals surface area contributed by atoms with Crippen molar-refractivity contribution in [1.82, 2.24) is 0 Å². The van der Waals surface area contributed by atoms with Crippen LogP contribution in [0.1, 0.15) is 297 Å². The highest BCUT2D eigenvalue weighted by Gasteiger charge is 2.19. The van der Waals surface area contributed by atoms with Gasteiger partial charge < -0.3 is 14.2 Å². The maximum absolute atomic E-state index is 12.9. The van der Waals surface area contributed by atoms with Gasteiger partial charge in [0.2, 0.25) is 0 Å². The maximum Gasteiger partial charge on any atom is 0.306 e. The summed E-state index contributed by atoms with van der Waals surface area (Å²) >= 11 is 0. The van der Waals surface area contributed by atoms with E-state index in [-0.39, 0.29) is 31.1 Å². The van der Waals surface area contributed by atoms with Crippen LogP contribution in [-0.2, 0) is 28.6 Å². The molecule has 0 aliphatic carbocycles. The molecule has 6 heteroatoms. The Hall–Kier alpha value is -4.19. The summed E-state index contributed by atoms with van der Waals surface area (Å²) in [4.78, 5) is 38.2. The Morgan fingerprint density at radius 3 is 0.795 bits per heavy atom. The number of carbonyl (C=O) groups excluding carboxylic acids is 3. The van der Waals surface area contributed by atoms with Crippen LogP contribution in [0, 0.1) is 0 Å². The molecule has 0 bridgehead atoms. The van der Waals surface area contributed by atoms with Crippen LogP contribution < -0.4 is 0 Å². The first-order valence-electron chi connectivity index (χ1n) is 32.5. The Labute approximate surface area is 482 Å². The van der Waals surface area contributed by atoms with Crippen molar-refractivity contribution in [2.45, 2.75) is 303 Å². The number of esters is 3. The highest BCUT2D eigenvalue weighted by molar-refractivity contribution is 5.71. The lowest BCUT2D eigenvalue weighted by Gasteiger charge is -2.18. The molecule has 0 aromatic rings. The minimum Gasteiger partial charge on any atom is -0.462 e. The quantitative estimate of drug-likeness (QED) is 0.0261. The van der Waals surface area contributed by atoms with Crippen LogP contribution in [0.25, 0.3) is 0 Å². The standard InChI is InChI=1S/C72H120O6/c1-4-7-10-13-16-19-22-24-26-28-29-30-31-32-33-34-35-36-37-38-39-40-41-42-43-45-46-48-50-53-56-59-62-65-71(74)77-68-69(67-76-70(73)64-61-58-55-52-21-18-15-12-9-6-3)78-72(75)66-63-60-57-54-51-49-47-44-27-25-23-20-17-14-11-8-5-2/h7-8,10-12,15-17,19-20,24-27,29-30,32-33,35-36,69H,4-6,9,13-14,18,21-23,28,31,34,37-68H2,1-3H3/b10-7-,11-8-,15-12-,19-16-,20-17-,26-24-,27-25-,30-29-,33-32-,36-35-. The van der Waals surface area contributed by atoms with E-state index in [1.807, 2.05) is 0 Å². The molecule has 6 nitrogen and oxygen atoms in total. The van der Waals surface area contributed by atoms with Crippen LogP contribution >= 0.6 is 0 Å². The number of carbonyl (C=O) groups is 3. The Morgan fingerprint density at radius 2 is 0.500 bits per heavy atom. The molecule has 0 aromatic carbocycles. The zero-order valence-electron chi connectivity index (χ0n) is 50.9. The van der Waals surface area contributed by atoms with E-state index >= 15 is 0 Å². The van der Waals surface area contributed by atoms with E-state index in [2.05, 4.69) is 142 Å². The highest BCUT2D eigenvalue weighted by Crippen LogP contribution is 2.16. The lowest BCUT2D eigenvalue weighted by molar-refractivity contribution is -0.167. The molecule has 78 heavy (non-hydrogen) atoms. The zero-order valence-corrected chi connectivity index (χ0v) is 50.9. The molecule has 0 radical (unpaired) electrons. The number of rotatable bonds is 58. The summed E-state index contributed by atoms with van der Waals surface area (Å²) in [5, 5.41) is 0. The summed E-state index contributed by atoms with van der Waals surface area (Å²) in [6, 6.07) is 0. The lowest BCUT2D eigenvalue weighted by Crippen LogP contribution is -2.30. The second-order valence-corrected chi connectivity index (χ2v) is 21.3. The first kappa shape index (κ1) is 73.8. The molecule has 0 rings (SSSR count). The van der Waals surface area contributed by atoms with Crippen molar-refractivity contribution >= 4 is 17.9 Å². The third kappa shape index (κ3) is 62.7. The first-order valence-corrected chi connectivity index (χ1v) is 32.5. The molecule has 0 aliphatic heterocycles. The average molecular weight is 1080 g/mol. The van der Waals surface area contributed by atoms with Gasteiger partial charge in [0.1, 0.15) is 13.2 Å². The van der Waals surface area contributed by atoms with Crippen LogP contribution in [-0.4, -0.2) is 37.2 Å². The van der Waals surface area contributed by atoms with Gasteiger partial charge in [-0.15, -0.1) is 0 Å². The lowest BCUT2D eigenvalue weighted by atomic mass is 10.0. The zero-order chi connectivity index (χ0) is 56.4. The van der Waals surface area contributed by atoms with E-state index in [0.29, 0.717) is 19.3 Å². The first-order chi connectivity index (χ1) is 38.5. The molecular weight excluding hydrogens is 961 g/mol. The molecule has 1 atom stereocenters. The van der Waals surface area contributed by atoms with Gasteiger partial charge >= 0.3 is 17.9 Å². The molecule has 0 aromatic heterocycles. The third-order valence-corrected chi connectivity index (χ3v) is 13.7. The predicted molar refractivity (Wildman–Crippen MR) is 339 cm³/mol. The van der Waals surface area contributed by atoms with E-state index in [0.717, 1.165) is 141 Å². The van der Waals surface area contributed by atoms with Crippen molar-refractivity contribution < 1.29 is 28.6 Å². The SMILES string of the molecule is CC/C=C\C/C=C\C/C=C\C/C=C\C/C=C\C/C=C\CCCCCCCCCCCCCCCCC(=O)OCC(COC(=O)CCCCCCC/C=C\CCC)OC(=O)CCCCCCCCC/C=C\C/C=C\C/C=C\CC. The molecule has 0 amide bonds. The fourth-order valence-corrected chi connectivity index (χ4v) is 8.88. The summed E-state index contributed by atoms with van der Waals surface area (Å²) < 4.78 is 16.9. The Kier molecular flexibility index (Phi) is 61.8. The van der Waals surface area contributed by atoms with Gasteiger partial charge in [-0.2, -0.15) is 0 Å². The molecule has 0 N–H and O–H groups in total. The van der Waals surface area contributed by atoms with Crippen molar-refractivity contribution in [2.24, 2.45) is 0 Å². The van der Waals surface area contributed by atoms with Gasteiger partial charge in [0.15, 0.2) is 6.10 Å². The molecule has 0 heterocycles. The van der Waals surface area contributed by atoms with Crippen molar-refractivity contribution in [3.63, 3.8) is 0 Å². The molecule has 0 saturated heterocycles. The second kappa shape index (κ2) is 65.3. The van der Waals surface area contributed by atoms with Crippen LogP contribution in [0.3, 0.4) is 0 Å². The van der Waals surface area contributed by atoms with E-state index < -0.39 is 6.10 Å². The van der Waals surface area contributed by atoms with Crippen molar-refractivity contribution in [3.05, 3.63) is 122 Å². The van der Waals surface area contributed by atoms with Gasteiger partial charge in [0.05, 0.1) is 0 Å². The summed E-state index contributed by atoms with van der Waals surface area (Å²) in [6.45, 7) is 6.35. The van der Waals surface area contributed by atoms with Gasteiger partial charge in [-0.25, -0.2) is 0 Å². The minimum atomic E-state index is -0.788. The second-order valence-electron chi connectivity index (χ2n) is 21.3. The summed E-state index contributed by atoms with van der Waals surface area (Å²) in [5.41, 5.74) is 0. The minimum absolute atomic E-state index is 0.0852. The Morgan fingerprint density at radius 1 is 0.269 bits per heavy atom. The Balaban J connectivity index is 4.16. The monoisotopic (exact) mass is 1080 g/mol. The smallest absolute Gasteiger partial charge is 0.306 e. The number of allylic oxidation sites excluding steroid dienone is 20. The van der Waals surface area contributed by atoms with Gasteiger partial charge in [0.25, 0.3) is 0 Å². The largest absolute Gasteiger partial charge is 0.462 e. The summed E-state index contributed by atoms with van der Waals surface area (Å²) in [7, 11) is 0. The van der Waals surface area contributed by atoms with E-state index in [1.54, 1.807) is 0 Å². The van der Waals surface area contributed by atoms with Crippen LogP contribution in [0.4, 0.5) is 0 Å². The van der Waals surface area contributed by atoms with Gasteiger partial charge in [0, 0.05) is 19.3 Å². The topological polar surface area (TPSA) is 78.9 Å². The van der Waals surface area contributed by atoms with E-state index in [4.69, 9.17) is 14.2 Å². The summed E-state index contributed by atoms with van der Waals surface area (Å²) in [6.07, 6.45) is 90.8. The van der Waals surface area contributed by atoms with Crippen LogP contribution in [0.5, 0.6) is 0 Å². The van der Waals surface area contributed by atoms with E-state index in [9.17, 15) is 14.4 Å². The predicted octanol–water partition coefficient (Wildman–Crippen LogP) is 22.4. The van der Waals surface area contributed by atoms with Crippen molar-refractivity contribution in [3.8, 4) is 0 Å². The molecule has 0 fully saturated rings. The van der Waals surface area contributed by atoms with Crippen LogP contribution in [0.15, 0.2) is 122 Å². The number of unbranched alkanes of at least 4 members (excludes halogenated alkanes) is 27. The number of hydrogen-bond donors (Lipinski definition) is 0. The van der Waals surface area contributed by atoms with E-state index in [1.165, 1.54) is 116 Å². The maximum atomic E-state index is 12.9. The Bertz CT molecular complexity index is 1620. The molecule has 0 saturated carbocycles. The van der Waals surface area contributed by atoms with Crippen molar-refractivity contribution in [2.75, 3.05) is 13.2 Å². The molecule has 0 aliphatic rings. The number of ether oxygens (including phenoxy) is 3. The highest BCUT2D eigenvalue weighted by atomic mass is 16.6.